The second-order valence-corrected chi connectivity index (χ2v) is 7.93. The summed E-state index contributed by atoms with van der Waals surface area (Å²) in [6.45, 7) is 1.78. The van der Waals surface area contributed by atoms with Gasteiger partial charge < -0.3 is 16.0 Å². The van der Waals surface area contributed by atoms with Crippen molar-refractivity contribution in [1.29, 1.82) is 0 Å². The van der Waals surface area contributed by atoms with Crippen LogP contribution in [0.2, 0.25) is 0 Å². The van der Waals surface area contributed by atoms with Crippen LogP contribution in [0, 0.1) is 11.6 Å². The van der Waals surface area contributed by atoms with Gasteiger partial charge in [0.2, 0.25) is 0 Å². The minimum absolute atomic E-state index is 0.236. The Morgan fingerprint density at radius 3 is 2.90 bits per heavy atom. The van der Waals surface area contributed by atoms with Crippen molar-refractivity contribution >= 4 is 38.7 Å². The van der Waals surface area contributed by atoms with Gasteiger partial charge in [-0.25, -0.2) is 18.7 Å². The number of nitrogens with one attached hydrogen (secondary N) is 3. The molecule has 4 heterocycles. The molecule has 3 aromatic heterocycles. The van der Waals surface area contributed by atoms with Crippen molar-refractivity contribution in [3.8, 4) is 11.4 Å². The normalized spacial score (nSPS) is 16.1. The third-order valence-electron chi connectivity index (χ3n) is 4.93. The quantitative estimate of drug-likeness (QED) is 0.437. The van der Waals surface area contributed by atoms with Gasteiger partial charge in [0.05, 0.1) is 22.1 Å². The van der Waals surface area contributed by atoms with Crippen LogP contribution in [0.3, 0.4) is 0 Å². The number of hydrogen-bond acceptors (Lipinski definition) is 7. The molecule has 1 atom stereocenters. The number of pyridine rings is 1. The van der Waals surface area contributed by atoms with E-state index >= 15 is 0 Å². The van der Waals surface area contributed by atoms with E-state index < -0.39 is 5.82 Å². The molecule has 0 spiro atoms. The molecule has 30 heavy (non-hydrogen) atoms. The Balaban J connectivity index is 1.62. The second-order valence-electron chi connectivity index (χ2n) is 7.05. The standard InChI is InChI=1S/C21H18F2N6S/c22-12-2-1-3-13(8-12)26-17-11-30-19-18(17)28-20(15-5-7-25-10-16(15)23)29-21(19)27-14-4-6-24-9-14/h1-3,5,7-8,10-11,14,24,26H,4,6,9H2,(H,27,28,29)/t14-/m1/s1. The summed E-state index contributed by atoms with van der Waals surface area (Å²) >= 11 is 1.49. The predicted octanol–water partition coefficient (Wildman–Crippen LogP) is 4.55. The fourth-order valence-electron chi connectivity index (χ4n) is 3.47. The number of rotatable bonds is 5. The van der Waals surface area contributed by atoms with E-state index in [2.05, 4.69) is 30.9 Å². The van der Waals surface area contributed by atoms with Gasteiger partial charge >= 0.3 is 0 Å². The molecule has 0 unspecified atom stereocenters. The molecule has 1 aliphatic heterocycles. The first kappa shape index (κ1) is 18.8. The highest BCUT2D eigenvalue weighted by molar-refractivity contribution is 7.18. The van der Waals surface area contributed by atoms with Gasteiger partial charge in [0.15, 0.2) is 11.6 Å². The summed E-state index contributed by atoms with van der Waals surface area (Å²) < 4.78 is 28.9. The Hall–Kier alpha value is -3.17. The Morgan fingerprint density at radius 1 is 1.17 bits per heavy atom. The maximum Gasteiger partial charge on any atom is 0.165 e. The summed E-state index contributed by atoms with van der Waals surface area (Å²) in [5.41, 5.74) is 2.26. The molecule has 0 amide bonds. The Labute approximate surface area is 175 Å². The van der Waals surface area contributed by atoms with E-state index in [0.717, 1.165) is 30.4 Å². The minimum Gasteiger partial charge on any atom is -0.365 e. The molecule has 152 valence electrons. The first-order chi connectivity index (χ1) is 14.7. The van der Waals surface area contributed by atoms with Gasteiger partial charge in [-0.15, -0.1) is 11.3 Å². The van der Waals surface area contributed by atoms with Gasteiger partial charge in [0.1, 0.15) is 17.2 Å². The molecule has 0 radical (unpaired) electrons. The summed E-state index contributed by atoms with van der Waals surface area (Å²) in [7, 11) is 0. The lowest BCUT2D eigenvalue weighted by molar-refractivity contribution is 0.623. The summed E-state index contributed by atoms with van der Waals surface area (Å²) in [6.07, 6.45) is 3.64. The highest BCUT2D eigenvalue weighted by Crippen LogP contribution is 2.37. The molecule has 4 aromatic rings. The maximum atomic E-state index is 14.4. The zero-order valence-corrected chi connectivity index (χ0v) is 16.6. The van der Waals surface area contributed by atoms with Gasteiger partial charge in [-0.1, -0.05) is 6.07 Å². The summed E-state index contributed by atoms with van der Waals surface area (Å²) in [5.74, 6) is 0.124. The minimum atomic E-state index is -0.486. The van der Waals surface area contributed by atoms with E-state index in [1.807, 2.05) is 5.38 Å². The highest BCUT2D eigenvalue weighted by Gasteiger charge is 2.20. The van der Waals surface area contributed by atoms with Crippen LogP contribution >= 0.6 is 11.3 Å². The number of benzene rings is 1. The van der Waals surface area contributed by atoms with Crippen molar-refractivity contribution < 1.29 is 8.78 Å². The van der Waals surface area contributed by atoms with Crippen LogP contribution in [-0.4, -0.2) is 34.1 Å². The second kappa shape index (κ2) is 7.92. The van der Waals surface area contributed by atoms with E-state index in [-0.39, 0.29) is 23.2 Å². The molecular formula is C21H18F2N6S. The smallest absolute Gasteiger partial charge is 0.165 e. The van der Waals surface area contributed by atoms with Crippen LogP contribution in [-0.2, 0) is 0 Å². The van der Waals surface area contributed by atoms with Gasteiger partial charge in [-0.3, -0.25) is 4.98 Å². The van der Waals surface area contributed by atoms with Crippen molar-refractivity contribution in [1.82, 2.24) is 20.3 Å². The molecule has 9 heteroatoms. The third kappa shape index (κ3) is 3.69. The van der Waals surface area contributed by atoms with Crippen molar-refractivity contribution in [2.45, 2.75) is 12.5 Å². The van der Waals surface area contributed by atoms with Gasteiger partial charge in [-0.05, 0) is 37.2 Å². The summed E-state index contributed by atoms with van der Waals surface area (Å²) in [4.78, 5) is 13.1. The summed E-state index contributed by atoms with van der Waals surface area (Å²) in [6, 6.07) is 8.02. The molecule has 1 saturated heterocycles. The largest absolute Gasteiger partial charge is 0.365 e. The number of aromatic nitrogens is 3. The molecule has 1 aromatic carbocycles. The van der Waals surface area contributed by atoms with E-state index in [9.17, 15) is 8.78 Å². The van der Waals surface area contributed by atoms with Gasteiger partial charge in [0, 0.05) is 29.9 Å². The Kier molecular flexibility index (Phi) is 4.97. The van der Waals surface area contributed by atoms with Crippen LogP contribution in [0.4, 0.5) is 26.0 Å². The van der Waals surface area contributed by atoms with Crippen LogP contribution in [0.1, 0.15) is 6.42 Å². The third-order valence-corrected chi connectivity index (χ3v) is 5.91. The van der Waals surface area contributed by atoms with Crippen LogP contribution in [0.15, 0.2) is 48.1 Å². The number of hydrogen-bond donors (Lipinski definition) is 3. The number of anilines is 3. The number of thiophene rings is 1. The van der Waals surface area contributed by atoms with Crippen molar-refractivity contribution in [3.63, 3.8) is 0 Å². The molecule has 1 fully saturated rings. The average molecular weight is 424 g/mol. The average Bonchev–Trinajstić information content (AvgIpc) is 3.39. The van der Waals surface area contributed by atoms with Crippen LogP contribution in [0.25, 0.3) is 21.6 Å². The number of halogens is 2. The molecule has 6 nitrogen and oxygen atoms in total. The van der Waals surface area contributed by atoms with E-state index in [1.54, 1.807) is 18.2 Å². The highest BCUT2D eigenvalue weighted by atomic mass is 32.1. The molecular weight excluding hydrogens is 406 g/mol. The zero-order chi connectivity index (χ0) is 20.5. The zero-order valence-electron chi connectivity index (χ0n) is 15.8. The monoisotopic (exact) mass is 424 g/mol. The molecule has 0 aliphatic carbocycles. The lowest BCUT2D eigenvalue weighted by Crippen LogP contribution is -2.23. The first-order valence-electron chi connectivity index (χ1n) is 9.56. The first-order valence-corrected chi connectivity index (χ1v) is 10.4. The molecule has 0 saturated carbocycles. The Morgan fingerprint density at radius 2 is 2.10 bits per heavy atom. The van der Waals surface area contributed by atoms with Crippen molar-refractivity contribution in [2.24, 2.45) is 0 Å². The molecule has 5 rings (SSSR count). The molecule has 3 N–H and O–H groups in total. The number of fused-ring (bicyclic) bond motifs is 1. The fraction of sp³-hybridized carbons (Fsp3) is 0.190. The van der Waals surface area contributed by atoms with Gasteiger partial charge in [-0.2, -0.15) is 0 Å². The SMILES string of the molecule is Fc1cccc(Nc2csc3c(N[C@@H]4CCNC4)nc(-c4ccncc4F)nc23)c1. The van der Waals surface area contributed by atoms with Crippen molar-refractivity contribution in [3.05, 3.63) is 59.7 Å². The van der Waals surface area contributed by atoms with E-state index in [0.29, 0.717) is 22.7 Å². The topological polar surface area (TPSA) is 74.8 Å². The molecule has 0 bridgehead atoms. The predicted molar refractivity (Wildman–Crippen MR) is 115 cm³/mol. The fourth-order valence-corrected chi connectivity index (χ4v) is 4.36. The van der Waals surface area contributed by atoms with Crippen LogP contribution < -0.4 is 16.0 Å². The van der Waals surface area contributed by atoms with E-state index in [1.165, 1.54) is 29.7 Å². The summed E-state index contributed by atoms with van der Waals surface area (Å²) in [5, 5.41) is 11.9. The number of nitrogens with zero attached hydrogens (tertiary/aromatic N) is 3. The van der Waals surface area contributed by atoms with Crippen molar-refractivity contribution in [2.75, 3.05) is 23.7 Å². The lowest BCUT2D eigenvalue weighted by Gasteiger charge is -2.14. The maximum absolute atomic E-state index is 14.4. The Bertz CT molecular complexity index is 1210. The van der Waals surface area contributed by atoms with Gasteiger partial charge in [0.25, 0.3) is 0 Å². The lowest BCUT2D eigenvalue weighted by atomic mass is 10.2. The van der Waals surface area contributed by atoms with Crippen LogP contribution in [0.5, 0.6) is 0 Å². The van der Waals surface area contributed by atoms with E-state index in [4.69, 9.17) is 0 Å². The molecule has 1 aliphatic rings.